The number of rotatable bonds is 7. The largest absolute Gasteiger partial charge is 0.388 e. The molecule has 1 aromatic rings. The van der Waals surface area contributed by atoms with Crippen LogP contribution >= 0.6 is 0 Å². The van der Waals surface area contributed by atoms with E-state index in [2.05, 4.69) is 30.1 Å². The van der Waals surface area contributed by atoms with E-state index in [4.69, 9.17) is 5.26 Å². The van der Waals surface area contributed by atoms with Crippen molar-refractivity contribution in [3.8, 4) is 6.07 Å². The van der Waals surface area contributed by atoms with Crippen molar-refractivity contribution < 1.29 is 5.11 Å². The van der Waals surface area contributed by atoms with Gasteiger partial charge in [-0.15, -0.1) is 0 Å². The highest BCUT2D eigenvalue weighted by atomic mass is 16.3. The fraction of sp³-hybridized carbons (Fsp3) is 0.562. The van der Waals surface area contributed by atoms with Crippen molar-refractivity contribution in [1.29, 1.82) is 5.26 Å². The molecule has 1 rings (SSSR count). The van der Waals surface area contributed by atoms with E-state index in [1.54, 1.807) is 6.07 Å². The Labute approximate surface area is 122 Å². The Morgan fingerprint density at radius 2 is 2.15 bits per heavy atom. The molecule has 0 amide bonds. The monoisotopic (exact) mass is 275 g/mol. The minimum Gasteiger partial charge on any atom is -0.388 e. The molecule has 2 N–H and O–H groups in total. The van der Waals surface area contributed by atoms with Gasteiger partial charge in [-0.3, -0.25) is 4.90 Å². The average molecular weight is 275 g/mol. The SMILES string of the molecule is CC(C)NCC(C)(O)CN(C)Cc1cccc(C#N)c1. The van der Waals surface area contributed by atoms with E-state index in [0.29, 0.717) is 31.2 Å². The second-order valence-electron chi connectivity index (χ2n) is 6.02. The summed E-state index contributed by atoms with van der Waals surface area (Å²) in [4.78, 5) is 2.07. The second kappa shape index (κ2) is 7.39. The second-order valence-corrected chi connectivity index (χ2v) is 6.02. The van der Waals surface area contributed by atoms with E-state index in [-0.39, 0.29) is 0 Å². The van der Waals surface area contributed by atoms with Gasteiger partial charge in [-0.2, -0.15) is 5.26 Å². The summed E-state index contributed by atoms with van der Waals surface area (Å²) in [5.41, 5.74) is 0.981. The van der Waals surface area contributed by atoms with Gasteiger partial charge in [0, 0.05) is 25.7 Å². The highest BCUT2D eigenvalue weighted by Crippen LogP contribution is 2.10. The number of aliphatic hydroxyl groups is 1. The summed E-state index contributed by atoms with van der Waals surface area (Å²) in [5, 5.41) is 22.5. The van der Waals surface area contributed by atoms with Crippen LogP contribution in [0.25, 0.3) is 0 Å². The molecule has 1 unspecified atom stereocenters. The van der Waals surface area contributed by atoms with Gasteiger partial charge in [0.2, 0.25) is 0 Å². The smallest absolute Gasteiger partial charge is 0.0991 e. The quantitative estimate of drug-likeness (QED) is 0.796. The topological polar surface area (TPSA) is 59.3 Å². The fourth-order valence-electron chi connectivity index (χ4n) is 2.17. The zero-order valence-electron chi connectivity index (χ0n) is 12.8. The van der Waals surface area contributed by atoms with Crippen LogP contribution < -0.4 is 5.32 Å². The molecule has 1 aromatic carbocycles. The Balaban J connectivity index is 2.54. The van der Waals surface area contributed by atoms with Gasteiger partial charge in [0.05, 0.1) is 17.2 Å². The summed E-state index contributed by atoms with van der Waals surface area (Å²) in [5.74, 6) is 0. The maximum atomic E-state index is 10.4. The first-order valence-corrected chi connectivity index (χ1v) is 6.96. The molecule has 4 nitrogen and oxygen atoms in total. The van der Waals surface area contributed by atoms with Crippen molar-refractivity contribution in [2.45, 2.75) is 39.0 Å². The summed E-state index contributed by atoms with van der Waals surface area (Å²) < 4.78 is 0. The van der Waals surface area contributed by atoms with E-state index in [0.717, 1.165) is 5.56 Å². The molecule has 0 heterocycles. The Morgan fingerprint density at radius 1 is 1.45 bits per heavy atom. The van der Waals surface area contributed by atoms with Crippen molar-refractivity contribution in [1.82, 2.24) is 10.2 Å². The molecule has 20 heavy (non-hydrogen) atoms. The molecule has 0 bridgehead atoms. The van der Waals surface area contributed by atoms with E-state index in [1.807, 2.05) is 32.2 Å². The Kier molecular flexibility index (Phi) is 6.15. The summed E-state index contributed by atoms with van der Waals surface area (Å²) in [6, 6.07) is 10.1. The summed E-state index contributed by atoms with van der Waals surface area (Å²) in [6.45, 7) is 7.81. The number of nitriles is 1. The van der Waals surface area contributed by atoms with Gasteiger partial charge in [0.1, 0.15) is 0 Å². The van der Waals surface area contributed by atoms with Crippen molar-refractivity contribution in [3.05, 3.63) is 35.4 Å². The van der Waals surface area contributed by atoms with E-state index < -0.39 is 5.60 Å². The van der Waals surface area contributed by atoms with Gasteiger partial charge in [0.15, 0.2) is 0 Å². The Bertz CT molecular complexity index is 463. The van der Waals surface area contributed by atoms with Crippen LogP contribution in [-0.4, -0.2) is 41.8 Å². The lowest BCUT2D eigenvalue weighted by molar-refractivity contribution is 0.0240. The third kappa shape index (κ3) is 6.16. The number of benzene rings is 1. The number of likely N-dealkylation sites (N-methyl/N-ethyl adjacent to an activating group) is 1. The lowest BCUT2D eigenvalue weighted by atomic mass is 10.1. The maximum absolute atomic E-state index is 10.4. The van der Waals surface area contributed by atoms with Gasteiger partial charge in [-0.25, -0.2) is 0 Å². The van der Waals surface area contributed by atoms with Crippen LogP contribution in [-0.2, 0) is 6.54 Å². The molecule has 1 atom stereocenters. The Hall–Kier alpha value is -1.41. The first kappa shape index (κ1) is 16.6. The number of hydrogen-bond acceptors (Lipinski definition) is 4. The molecule has 0 aromatic heterocycles. The average Bonchev–Trinajstić information content (AvgIpc) is 2.36. The van der Waals surface area contributed by atoms with Crippen molar-refractivity contribution in [2.24, 2.45) is 0 Å². The molecule has 0 saturated heterocycles. The fourth-order valence-corrected chi connectivity index (χ4v) is 2.17. The highest BCUT2D eigenvalue weighted by Gasteiger charge is 2.22. The molecule has 0 saturated carbocycles. The van der Waals surface area contributed by atoms with Crippen LogP contribution in [0.5, 0.6) is 0 Å². The molecule has 0 radical (unpaired) electrons. The molecule has 0 aliphatic heterocycles. The zero-order chi connectivity index (χ0) is 15.2. The van der Waals surface area contributed by atoms with Gasteiger partial charge in [-0.1, -0.05) is 26.0 Å². The van der Waals surface area contributed by atoms with Crippen LogP contribution in [0.4, 0.5) is 0 Å². The Morgan fingerprint density at radius 3 is 2.75 bits per heavy atom. The first-order chi connectivity index (χ1) is 9.32. The number of hydrogen-bond donors (Lipinski definition) is 2. The van der Waals surface area contributed by atoms with Crippen LogP contribution in [0.2, 0.25) is 0 Å². The molecule has 0 aliphatic carbocycles. The van der Waals surface area contributed by atoms with Crippen molar-refractivity contribution >= 4 is 0 Å². The predicted octanol–water partition coefficient (Wildman–Crippen LogP) is 1.74. The molecular weight excluding hydrogens is 250 g/mol. The molecule has 4 heteroatoms. The van der Waals surface area contributed by atoms with Crippen LogP contribution in [0.1, 0.15) is 31.9 Å². The summed E-state index contributed by atoms with van der Waals surface area (Å²) in [7, 11) is 1.98. The first-order valence-electron chi connectivity index (χ1n) is 6.96. The third-order valence-electron chi connectivity index (χ3n) is 3.01. The standard InChI is InChI=1S/C16H25N3O/c1-13(2)18-11-16(3,20)12-19(4)10-15-7-5-6-14(8-15)9-17/h5-8,13,18,20H,10-12H2,1-4H3. The summed E-state index contributed by atoms with van der Waals surface area (Å²) >= 11 is 0. The maximum Gasteiger partial charge on any atom is 0.0991 e. The van der Waals surface area contributed by atoms with Gasteiger partial charge in [-0.05, 0) is 31.7 Å². The highest BCUT2D eigenvalue weighted by molar-refractivity contribution is 5.32. The van der Waals surface area contributed by atoms with Crippen molar-refractivity contribution in [3.63, 3.8) is 0 Å². The van der Waals surface area contributed by atoms with Crippen molar-refractivity contribution in [2.75, 3.05) is 20.1 Å². The molecular formula is C16H25N3O. The predicted molar refractivity (Wildman–Crippen MR) is 81.3 cm³/mol. The number of nitrogens with zero attached hydrogens (tertiary/aromatic N) is 2. The molecule has 110 valence electrons. The van der Waals surface area contributed by atoms with E-state index in [1.165, 1.54) is 0 Å². The van der Waals surface area contributed by atoms with Gasteiger partial charge < -0.3 is 10.4 Å². The van der Waals surface area contributed by atoms with Crippen LogP contribution in [0.15, 0.2) is 24.3 Å². The zero-order valence-corrected chi connectivity index (χ0v) is 12.8. The van der Waals surface area contributed by atoms with Gasteiger partial charge >= 0.3 is 0 Å². The van der Waals surface area contributed by atoms with Crippen LogP contribution in [0, 0.1) is 11.3 Å². The minimum atomic E-state index is -0.772. The van der Waals surface area contributed by atoms with Gasteiger partial charge in [0.25, 0.3) is 0 Å². The number of nitrogens with one attached hydrogen (secondary N) is 1. The van der Waals surface area contributed by atoms with E-state index >= 15 is 0 Å². The minimum absolute atomic E-state index is 0.360. The molecule has 0 fully saturated rings. The third-order valence-corrected chi connectivity index (χ3v) is 3.01. The van der Waals surface area contributed by atoms with Crippen LogP contribution in [0.3, 0.4) is 0 Å². The van der Waals surface area contributed by atoms with E-state index in [9.17, 15) is 5.11 Å². The lowest BCUT2D eigenvalue weighted by Gasteiger charge is -2.30. The molecule has 0 aliphatic rings. The normalized spacial score (nSPS) is 14.3. The lowest BCUT2D eigenvalue weighted by Crippen LogP contribution is -2.47. The molecule has 0 spiro atoms. The summed E-state index contributed by atoms with van der Waals surface area (Å²) in [6.07, 6.45) is 0.